The van der Waals surface area contributed by atoms with E-state index in [1.165, 1.54) is 41.9 Å². The van der Waals surface area contributed by atoms with E-state index in [2.05, 4.69) is 17.0 Å². The molecule has 0 bridgehead atoms. The van der Waals surface area contributed by atoms with Crippen LogP contribution in [-0.4, -0.2) is 17.7 Å². The number of Topliss-reactive ketones (excluding diaryl/α,β-unsaturated/α-hetero) is 1. The molecule has 0 amide bonds. The lowest BCUT2D eigenvalue weighted by Gasteiger charge is -2.28. The quantitative estimate of drug-likeness (QED) is 0.425. The molecular formula is C12H21NOS3. The summed E-state index contributed by atoms with van der Waals surface area (Å²) in [6, 6.07) is 0. The lowest BCUT2D eigenvalue weighted by Crippen LogP contribution is -2.40. The predicted molar refractivity (Wildman–Crippen MR) is 80.3 cm³/mol. The lowest BCUT2D eigenvalue weighted by molar-refractivity contribution is -0.122. The fourth-order valence-electron chi connectivity index (χ4n) is 2.62. The highest BCUT2D eigenvalue weighted by molar-refractivity contribution is 9.05. The van der Waals surface area contributed by atoms with Crippen molar-refractivity contribution >= 4 is 38.1 Å². The van der Waals surface area contributed by atoms with Crippen molar-refractivity contribution in [1.29, 1.82) is 0 Å². The van der Waals surface area contributed by atoms with Gasteiger partial charge < -0.3 is 0 Å². The maximum absolute atomic E-state index is 12.3. The number of ketones is 1. The van der Waals surface area contributed by atoms with E-state index in [0.717, 1.165) is 25.3 Å². The van der Waals surface area contributed by atoms with E-state index in [1.807, 2.05) is 0 Å². The van der Waals surface area contributed by atoms with E-state index in [0.29, 0.717) is 11.7 Å². The molecule has 2 rings (SSSR count). The minimum atomic E-state index is -0.0406. The van der Waals surface area contributed by atoms with E-state index < -0.39 is 0 Å². The minimum absolute atomic E-state index is 0.0406. The van der Waals surface area contributed by atoms with Crippen molar-refractivity contribution in [1.82, 2.24) is 5.32 Å². The molecule has 5 heteroatoms. The molecular weight excluding hydrogens is 270 g/mol. The van der Waals surface area contributed by atoms with Crippen LogP contribution >= 0.6 is 32.3 Å². The maximum Gasteiger partial charge on any atom is 0.163 e. The Morgan fingerprint density at radius 3 is 2.47 bits per heavy atom. The summed E-state index contributed by atoms with van der Waals surface area (Å²) < 4.78 is 0. The summed E-state index contributed by atoms with van der Waals surface area (Å²) in [7, 11) is 2.97. The second-order valence-corrected chi connectivity index (χ2v) is 8.32. The Balaban J connectivity index is 1.78. The molecule has 0 aromatic heterocycles. The van der Waals surface area contributed by atoms with Gasteiger partial charge in [-0.25, -0.2) is 0 Å². The molecule has 2 fully saturated rings. The molecule has 98 valence electrons. The second kappa shape index (κ2) is 7.31. The Bertz CT molecular complexity index is 252. The number of nitrogens with one attached hydrogen (secondary N) is 1. The molecule has 17 heavy (non-hydrogen) atoms. The fraction of sp³-hybridized carbons (Fsp3) is 0.917. The van der Waals surface area contributed by atoms with Crippen LogP contribution in [0.1, 0.15) is 44.9 Å². The predicted octanol–water partition coefficient (Wildman–Crippen LogP) is 3.69. The van der Waals surface area contributed by atoms with Crippen LogP contribution in [0.2, 0.25) is 0 Å². The summed E-state index contributed by atoms with van der Waals surface area (Å²) in [6.07, 6.45) is 8.67. The summed E-state index contributed by atoms with van der Waals surface area (Å²) in [5, 5.41) is 3.40. The third-order valence-electron chi connectivity index (χ3n) is 3.97. The van der Waals surface area contributed by atoms with Crippen molar-refractivity contribution in [2.24, 2.45) is 11.8 Å². The zero-order chi connectivity index (χ0) is 12.1. The summed E-state index contributed by atoms with van der Waals surface area (Å²) >= 11 is 4.17. The number of rotatable bonds is 7. The van der Waals surface area contributed by atoms with E-state index >= 15 is 0 Å². The van der Waals surface area contributed by atoms with Crippen molar-refractivity contribution in [3.63, 3.8) is 0 Å². The first-order valence-corrected chi connectivity index (χ1v) is 9.82. The van der Waals surface area contributed by atoms with Gasteiger partial charge in [0.2, 0.25) is 0 Å². The molecule has 2 saturated carbocycles. The number of hydrogen-bond acceptors (Lipinski definition) is 5. The monoisotopic (exact) mass is 291 g/mol. The van der Waals surface area contributed by atoms with E-state index in [9.17, 15) is 4.79 Å². The van der Waals surface area contributed by atoms with Crippen LogP contribution in [0.4, 0.5) is 0 Å². The Kier molecular flexibility index (Phi) is 6.06. The molecule has 2 aliphatic rings. The molecule has 1 N–H and O–H groups in total. The maximum atomic E-state index is 12.3. The molecule has 0 spiro atoms. The smallest absolute Gasteiger partial charge is 0.163 e. The van der Waals surface area contributed by atoms with Gasteiger partial charge in [0, 0.05) is 5.92 Å². The molecule has 0 aromatic carbocycles. The highest BCUT2D eigenvalue weighted by atomic mass is 33.5. The van der Waals surface area contributed by atoms with E-state index in [1.54, 1.807) is 10.8 Å². The molecule has 0 radical (unpaired) electrons. The number of carbonyl (C=O) groups excluding carboxylic acids is 1. The fourth-order valence-corrected chi connectivity index (χ4v) is 4.68. The van der Waals surface area contributed by atoms with Crippen LogP contribution in [-0.2, 0) is 4.79 Å². The van der Waals surface area contributed by atoms with Crippen LogP contribution in [0.3, 0.4) is 0 Å². The van der Waals surface area contributed by atoms with Gasteiger partial charge in [0.15, 0.2) is 5.78 Å². The highest BCUT2D eigenvalue weighted by Gasteiger charge is 2.30. The third kappa shape index (κ3) is 4.08. The molecule has 0 heterocycles. The molecule has 2 aliphatic carbocycles. The van der Waals surface area contributed by atoms with Gasteiger partial charge in [-0.15, -0.1) is 0 Å². The standard InChI is InChI=1S/C12H21NOS3/c14-11(10-6-1-2-7-10)12(16-17-15)13-8-9-4-3-5-9/h9-10,12-13,15H,1-8H2. The van der Waals surface area contributed by atoms with Gasteiger partial charge in [-0.2, -0.15) is 0 Å². The van der Waals surface area contributed by atoms with Crippen LogP contribution in [0.5, 0.6) is 0 Å². The van der Waals surface area contributed by atoms with E-state index in [-0.39, 0.29) is 5.37 Å². The molecule has 0 aliphatic heterocycles. The van der Waals surface area contributed by atoms with Crippen LogP contribution < -0.4 is 5.32 Å². The number of hydrogen-bond donors (Lipinski definition) is 2. The van der Waals surface area contributed by atoms with Crippen molar-refractivity contribution in [2.45, 2.75) is 50.3 Å². The SMILES string of the molecule is O=C(C1CCCC1)C(NCC1CCC1)SSS. The van der Waals surface area contributed by atoms with Crippen molar-refractivity contribution < 1.29 is 4.79 Å². The first kappa shape index (κ1) is 14.1. The summed E-state index contributed by atoms with van der Waals surface area (Å²) in [5.74, 6) is 1.52. The van der Waals surface area contributed by atoms with Crippen molar-refractivity contribution in [3.8, 4) is 0 Å². The van der Waals surface area contributed by atoms with Crippen molar-refractivity contribution in [3.05, 3.63) is 0 Å². The third-order valence-corrected chi connectivity index (χ3v) is 6.26. The van der Waals surface area contributed by atoms with Gasteiger partial charge >= 0.3 is 0 Å². The van der Waals surface area contributed by atoms with Gasteiger partial charge in [-0.1, -0.05) is 41.7 Å². The minimum Gasteiger partial charge on any atom is -0.298 e. The second-order valence-electron chi connectivity index (χ2n) is 5.14. The van der Waals surface area contributed by atoms with Crippen molar-refractivity contribution in [2.75, 3.05) is 6.54 Å². The largest absolute Gasteiger partial charge is 0.298 e. The Morgan fingerprint density at radius 2 is 1.94 bits per heavy atom. The molecule has 1 atom stereocenters. The zero-order valence-corrected chi connectivity index (χ0v) is 12.6. The molecule has 0 saturated heterocycles. The topological polar surface area (TPSA) is 29.1 Å². The van der Waals surface area contributed by atoms with Gasteiger partial charge in [0.1, 0.15) is 5.37 Å². The lowest BCUT2D eigenvalue weighted by atomic mass is 9.85. The molecule has 2 nitrogen and oxygen atoms in total. The molecule has 0 aromatic rings. The Morgan fingerprint density at radius 1 is 1.24 bits per heavy atom. The first-order valence-electron chi connectivity index (χ1n) is 6.55. The van der Waals surface area contributed by atoms with Crippen LogP contribution in [0.15, 0.2) is 0 Å². The van der Waals surface area contributed by atoms with Gasteiger partial charge in [0.25, 0.3) is 0 Å². The Hall–Kier alpha value is 0.680. The van der Waals surface area contributed by atoms with Gasteiger partial charge in [-0.05, 0) is 48.0 Å². The van der Waals surface area contributed by atoms with Gasteiger partial charge in [-0.3, -0.25) is 10.1 Å². The normalized spacial score (nSPS) is 23.6. The number of thiol groups is 1. The average Bonchev–Trinajstić information content (AvgIpc) is 2.78. The Labute approximate surface area is 117 Å². The summed E-state index contributed by atoms with van der Waals surface area (Å²) in [4.78, 5) is 12.3. The van der Waals surface area contributed by atoms with Crippen LogP contribution in [0, 0.1) is 11.8 Å². The zero-order valence-electron chi connectivity index (χ0n) is 10.1. The highest BCUT2D eigenvalue weighted by Crippen LogP contribution is 2.35. The first-order chi connectivity index (χ1) is 8.31. The summed E-state index contributed by atoms with van der Waals surface area (Å²) in [5.41, 5.74) is 0. The summed E-state index contributed by atoms with van der Waals surface area (Å²) in [6.45, 7) is 1.00. The van der Waals surface area contributed by atoms with E-state index in [4.69, 9.17) is 0 Å². The van der Waals surface area contributed by atoms with Gasteiger partial charge in [0.05, 0.1) is 0 Å². The average molecular weight is 292 g/mol. The van der Waals surface area contributed by atoms with Crippen LogP contribution in [0.25, 0.3) is 0 Å². The number of carbonyl (C=O) groups is 1. The molecule has 1 unspecified atom stereocenters.